The molecule has 0 radical (unpaired) electrons. The number of carbonyl (C=O) groups is 1. The zero-order chi connectivity index (χ0) is 16.3. The Morgan fingerprint density at radius 2 is 2.27 bits per heavy atom. The largest absolute Gasteiger partial charge is 0.396 e. The highest BCUT2D eigenvalue weighted by Crippen LogP contribution is 2.33. The maximum Gasteiger partial charge on any atom is 0.257 e. The molecule has 2 rings (SSSR count). The van der Waals surface area contributed by atoms with Crippen LogP contribution in [0, 0.1) is 12.7 Å². The third-order valence-electron chi connectivity index (χ3n) is 3.23. The predicted octanol–water partition coefficient (Wildman–Crippen LogP) is 2.94. The molecule has 1 aromatic carbocycles. The van der Waals surface area contributed by atoms with Crippen molar-refractivity contribution in [2.75, 3.05) is 6.61 Å². The Labute approximate surface area is 132 Å². The van der Waals surface area contributed by atoms with Crippen LogP contribution in [0.5, 0.6) is 0 Å². The van der Waals surface area contributed by atoms with Crippen molar-refractivity contribution in [1.82, 2.24) is 10.5 Å². The van der Waals surface area contributed by atoms with E-state index < -0.39 is 11.7 Å². The Kier molecular flexibility index (Phi) is 5.15. The molecule has 1 atom stereocenters. The molecule has 2 aromatic rings. The Morgan fingerprint density at radius 3 is 2.91 bits per heavy atom. The summed E-state index contributed by atoms with van der Waals surface area (Å²) in [7, 11) is 0. The lowest BCUT2D eigenvalue weighted by atomic mass is 10.0. The van der Waals surface area contributed by atoms with Crippen LogP contribution in [0.1, 0.15) is 29.5 Å². The third-order valence-corrected chi connectivity index (χ3v) is 3.54. The summed E-state index contributed by atoms with van der Waals surface area (Å²) in [5.74, 6) is -0.768. The number of aromatic nitrogens is 1. The van der Waals surface area contributed by atoms with Crippen LogP contribution in [-0.2, 0) is 0 Å². The van der Waals surface area contributed by atoms with Gasteiger partial charge in [0, 0.05) is 12.6 Å². The molecule has 0 fully saturated rings. The SMILES string of the molecule is Cc1onc(-c2c(F)cccc2Cl)c1C(=O)NC(C)CCO. The molecule has 1 unspecified atom stereocenters. The van der Waals surface area contributed by atoms with E-state index in [1.807, 2.05) is 0 Å². The molecule has 0 saturated heterocycles. The molecule has 0 spiro atoms. The molecule has 0 saturated carbocycles. The van der Waals surface area contributed by atoms with Crippen LogP contribution >= 0.6 is 11.6 Å². The van der Waals surface area contributed by atoms with Crippen LogP contribution in [0.25, 0.3) is 11.3 Å². The summed E-state index contributed by atoms with van der Waals surface area (Å²) in [4.78, 5) is 12.4. The van der Waals surface area contributed by atoms with E-state index >= 15 is 0 Å². The van der Waals surface area contributed by atoms with E-state index in [2.05, 4.69) is 10.5 Å². The van der Waals surface area contributed by atoms with Crippen molar-refractivity contribution >= 4 is 17.5 Å². The van der Waals surface area contributed by atoms with Gasteiger partial charge in [0.25, 0.3) is 5.91 Å². The van der Waals surface area contributed by atoms with Crippen molar-refractivity contribution in [3.63, 3.8) is 0 Å². The third kappa shape index (κ3) is 3.28. The molecule has 1 aromatic heterocycles. The number of aryl methyl sites for hydroxylation is 1. The molecular weight excluding hydrogens is 311 g/mol. The Morgan fingerprint density at radius 1 is 1.55 bits per heavy atom. The molecule has 0 aliphatic rings. The molecule has 7 heteroatoms. The molecule has 22 heavy (non-hydrogen) atoms. The van der Waals surface area contributed by atoms with E-state index in [1.54, 1.807) is 13.8 Å². The second-order valence-electron chi connectivity index (χ2n) is 4.95. The van der Waals surface area contributed by atoms with Gasteiger partial charge in [-0.3, -0.25) is 4.79 Å². The van der Waals surface area contributed by atoms with Crippen molar-refractivity contribution in [3.05, 3.63) is 40.4 Å². The van der Waals surface area contributed by atoms with Gasteiger partial charge in [0.05, 0.1) is 10.6 Å². The van der Waals surface area contributed by atoms with Gasteiger partial charge in [-0.2, -0.15) is 0 Å². The van der Waals surface area contributed by atoms with Gasteiger partial charge in [-0.25, -0.2) is 4.39 Å². The number of aliphatic hydroxyl groups is 1. The monoisotopic (exact) mass is 326 g/mol. The van der Waals surface area contributed by atoms with Gasteiger partial charge in [-0.15, -0.1) is 0 Å². The molecule has 0 bridgehead atoms. The maximum atomic E-state index is 14.0. The van der Waals surface area contributed by atoms with E-state index in [9.17, 15) is 9.18 Å². The van der Waals surface area contributed by atoms with Crippen molar-refractivity contribution < 1.29 is 18.8 Å². The van der Waals surface area contributed by atoms with Gasteiger partial charge in [0.1, 0.15) is 22.8 Å². The number of hydrogen-bond donors (Lipinski definition) is 2. The van der Waals surface area contributed by atoms with E-state index in [1.165, 1.54) is 18.2 Å². The minimum atomic E-state index is -0.585. The number of rotatable bonds is 5. The number of hydrogen-bond acceptors (Lipinski definition) is 4. The fraction of sp³-hybridized carbons (Fsp3) is 0.333. The first-order chi connectivity index (χ1) is 10.5. The maximum absolute atomic E-state index is 14.0. The molecule has 2 N–H and O–H groups in total. The molecular formula is C15H16ClFN2O3. The average Bonchev–Trinajstić information content (AvgIpc) is 2.80. The molecule has 0 aliphatic carbocycles. The average molecular weight is 327 g/mol. The molecule has 0 aliphatic heterocycles. The standard InChI is InChI=1S/C15H16ClFN2O3/c1-8(6-7-20)18-15(21)12-9(2)22-19-14(12)13-10(16)4-3-5-11(13)17/h3-5,8,20H,6-7H2,1-2H3,(H,18,21). The quantitative estimate of drug-likeness (QED) is 0.885. The lowest BCUT2D eigenvalue weighted by Crippen LogP contribution is -2.33. The van der Waals surface area contributed by atoms with Gasteiger partial charge in [0.2, 0.25) is 0 Å². The number of amides is 1. The fourth-order valence-electron chi connectivity index (χ4n) is 2.10. The van der Waals surface area contributed by atoms with E-state index in [4.69, 9.17) is 21.2 Å². The minimum absolute atomic E-state index is 0.0287. The highest BCUT2D eigenvalue weighted by molar-refractivity contribution is 6.33. The Hall–Kier alpha value is -1.92. The fourth-order valence-corrected chi connectivity index (χ4v) is 2.35. The summed E-state index contributed by atoms with van der Waals surface area (Å²) in [6, 6.07) is 3.98. The normalized spacial score (nSPS) is 12.2. The Balaban J connectivity index is 2.42. The van der Waals surface area contributed by atoms with Crippen LogP contribution in [0.3, 0.4) is 0 Å². The van der Waals surface area contributed by atoms with Gasteiger partial charge in [0.15, 0.2) is 0 Å². The number of aliphatic hydroxyl groups excluding tert-OH is 1. The zero-order valence-electron chi connectivity index (χ0n) is 12.2. The second-order valence-corrected chi connectivity index (χ2v) is 5.35. The predicted molar refractivity (Wildman–Crippen MR) is 80.3 cm³/mol. The number of benzene rings is 1. The van der Waals surface area contributed by atoms with Gasteiger partial charge in [-0.05, 0) is 32.4 Å². The van der Waals surface area contributed by atoms with Crippen LogP contribution in [-0.4, -0.2) is 28.8 Å². The van der Waals surface area contributed by atoms with Crippen molar-refractivity contribution in [1.29, 1.82) is 0 Å². The van der Waals surface area contributed by atoms with Crippen molar-refractivity contribution in [2.45, 2.75) is 26.3 Å². The van der Waals surface area contributed by atoms with Crippen molar-refractivity contribution in [2.24, 2.45) is 0 Å². The first-order valence-corrected chi connectivity index (χ1v) is 7.15. The lowest BCUT2D eigenvalue weighted by Gasteiger charge is -2.12. The molecule has 1 heterocycles. The smallest absolute Gasteiger partial charge is 0.257 e. The van der Waals surface area contributed by atoms with Crippen molar-refractivity contribution in [3.8, 4) is 11.3 Å². The number of nitrogens with one attached hydrogen (secondary N) is 1. The summed E-state index contributed by atoms with van der Waals surface area (Å²) < 4.78 is 19.1. The number of halogens is 2. The van der Waals surface area contributed by atoms with Crippen LogP contribution in [0.4, 0.5) is 4.39 Å². The van der Waals surface area contributed by atoms with Gasteiger partial charge >= 0.3 is 0 Å². The Bertz CT molecular complexity index is 667. The summed E-state index contributed by atoms with van der Waals surface area (Å²) in [6.45, 7) is 3.28. The molecule has 1 amide bonds. The van der Waals surface area contributed by atoms with E-state index in [-0.39, 0.29) is 40.3 Å². The highest BCUT2D eigenvalue weighted by Gasteiger charge is 2.25. The zero-order valence-corrected chi connectivity index (χ0v) is 12.9. The number of nitrogens with zero attached hydrogens (tertiary/aromatic N) is 1. The van der Waals surface area contributed by atoms with E-state index in [0.717, 1.165) is 0 Å². The lowest BCUT2D eigenvalue weighted by molar-refractivity contribution is 0.0933. The van der Waals surface area contributed by atoms with Crippen LogP contribution < -0.4 is 5.32 Å². The van der Waals surface area contributed by atoms with Crippen LogP contribution in [0.2, 0.25) is 5.02 Å². The summed E-state index contributed by atoms with van der Waals surface area (Å²) in [5, 5.41) is 15.5. The second kappa shape index (κ2) is 6.89. The topological polar surface area (TPSA) is 75.4 Å². The number of carbonyl (C=O) groups excluding carboxylic acids is 1. The van der Waals surface area contributed by atoms with Crippen LogP contribution in [0.15, 0.2) is 22.7 Å². The summed E-state index contributed by atoms with van der Waals surface area (Å²) in [5.41, 5.74) is 0.229. The first kappa shape index (κ1) is 16.5. The van der Waals surface area contributed by atoms with Gasteiger partial charge in [-0.1, -0.05) is 22.8 Å². The summed E-state index contributed by atoms with van der Waals surface area (Å²) >= 11 is 6.02. The molecule has 5 nitrogen and oxygen atoms in total. The first-order valence-electron chi connectivity index (χ1n) is 6.78. The van der Waals surface area contributed by atoms with E-state index in [0.29, 0.717) is 6.42 Å². The van der Waals surface area contributed by atoms with Gasteiger partial charge < -0.3 is 14.9 Å². The summed E-state index contributed by atoms with van der Waals surface area (Å²) in [6.07, 6.45) is 0.409. The minimum Gasteiger partial charge on any atom is -0.396 e. The highest BCUT2D eigenvalue weighted by atomic mass is 35.5. The molecule has 118 valence electrons.